The van der Waals surface area contributed by atoms with Crippen LogP contribution in [0.25, 0.3) is 0 Å². The highest BCUT2D eigenvalue weighted by atomic mass is 31.2. The number of rotatable bonds is 65. The van der Waals surface area contributed by atoms with Crippen LogP contribution in [-0.2, 0) is 27.9 Å². The van der Waals surface area contributed by atoms with Crippen molar-refractivity contribution in [1.29, 1.82) is 0 Å². The Balaban J connectivity index is 5.02. The number of nitrogens with one attached hydrogen (secondary N) is 1. The first-order valence-electron chi connectivity index (χ1n) is 35.1. The van der Waals surface area contributed by atoms with Gasteiger partial charge in [0.2, 0.25) is 5.91 Å². The van der Waals surface area contributed by atoms with E-state index in [2.05, 4.69) is 38.2 Å². The Morgan fingerprint density at radius 2 is 0.725 bits per heavy atom. The number of quaternary nitrogens is 1. The quantitative estimate of drug-likeness (QED) is 0.0212. The molecule has 474 valence electrons. The van der Waals surface area contributed by atoms with Gasteiger partial charge in [-0.05, 0) is 57.4 Å². The van der Waals surface area contributed by atoms with Crippen LogP contribution in [0.5, 0.6) is 0 Å². The highest BCUT2D eigenvalue weighted by Gasteiger charge is 2.27. The van der Waals surface area contributed by atoms with E-state index in [1.807, 2.05) is 33.3 Å². The molecule has 0 aromatic heterocycles. The molecular weight excluding hydrogens is 1010 g/mol. The molecule has 0 fully saturated rings. The molecule has 3 unspecified atom stereocenters. The largest absolute Gasteiger partial charge is 0.756 e. The maximum atomic E-state index is 13.6. The number of carbonyl (C=O) groups excluding carboxylic acids is 2. The number of phosphoric ester groups is 1. The number of nitrogens with zero attached hydrogens (tertiary/aromatic N) is 1. The van der Waals surface area contributed by atoms with Crippen molar-refractivity contribution in [2.45, 2.75) is 373 Å². The van der Waals surface area contributed by atoms with Crippen LogP contribution in [0.15, 0.2) is 24.3 Å². The molecule has 9 nitrogen and oxygen atoms in total. The molecule has 0 bridgehead atoms. The van der Waals surface area contributed by atoms with Crippen LogP contribution in [-0.4, -0.2) is 69.4 Å². The molecule has 1 amide bonds. The van der Waals surface area contributed by atoms with E-state index in [0.717, 1.165) is 64.2 Å². The van der Waals surface area contributed by atoms with Crippen LogP contribution >= 0.6 is 7.82 Å². The van der Waals surface area contributed by atoms with Gasteiger partial charge in [-0.15, -0.1) is 0 Å². The third kappa shape index (κ3) is 61.1. The number of likely N-dealkylation sites (N-methyl/N-ethyl adjacent to an activating group) is 1. The molecule has 0 aliphatic heterocycles. The average molecular weight is 1150 g/mol. The number of phosphoric acid groups is 1. The van der Waals surface area contributed by atoms with Gasteiger partial charge in [0.15, 0.2) is 0 Å². The van der Waals surface area contributed by atoms with Crippen molar-refractivity contribution < 1.29 is 37.3 Å². The van der Waals surface area contributed by atoms with Gasteiger partial charge in [0.1, 0.15) is 19.3 Å². The van der Waals surface area contributed by atoms with Gasteiger partial charge in [0.25, 0.3) is 7.82 Å². The first kappa shape index (κ1) is 78.5. The molecule has 0 radical (unpaired) electrons. The molecule has 0 aliphatic rings. The maximum absolute atomic E-state index is 13.6. The molecule has 0 heterocycles. The number of carbonyl (C=O) groups is 2. The molecule has 0 rings (SSSR count). The van der Waals surface area contributed by atoms with Gasteiger partial charge in [-0.1, -0.05) is 315 Å². The minimum Gasteiger partial charge on any atom is -0.756 e. The Kier molecular flexibility index (Phi) is 59.5. The molecule has 1 N–H and O–H groups in total. The number of allylic oxidation sites excluding steroid dienone is 3. The van der Waals surface area contributed by atoms with Crippen molar-refractivity contribution in [2.75, 3.05) is 40.9 Å². The summed E-state index contributed by atoms with van der Waals surface area (Å²) in [5.74, 6) is -0.525. The van der Waals surface area contributed by atoms with Gasteiger partial charge >= 0.3 is 5.97 Å². The zero-order valence-corrected chi connectivity index (χ0v) is 55.2. The van der Waals surface area contributed by atoms with Crippen molar-refractivity contribution in [3.05, 3.63) is 24.3 Å². The van der Waals surface area contributed by atoms with Gasteiger partial charge in [0, 0.05) is 12.8 Å². The second-order valence-corrected chi connectivity index (χ2v) is 26.8. The van der Waals surface area contributed by atoms with Crippen LogP contribution in [0.4, 0.5) is 0 Å². The Hall–Kier alpha value is -1.51. The monoisotopic (exact) mass is 1150 g/mol. The lowest BCUT2D eigenvalue weighted by Crippen LogP contribution is -2.47. The van der Waals surface area contributed by atoms with E-state index in [1.54, 1.807) is 0 Å². The second-order valence-electron chi connectivity index (χ2n) is 25.4. The maximum Gasteiger partial charge on any atom is 0.306 e. The van der Waals surface area contributed by atoms with Crippen LogP contribution < -0.4 is 10.2 Å². The van der Waals surface area contributed by atoms with Crippen molar-refractivity contribution in [3.8, 4) is 0 Å². The number of esters is 1. The number of hydrogen-bond acceptors (Lipinski definition) is 7. The van der Waals surface area contributed by atoms with E-state index in [4.69, 9.17) is 13.8 Å². The lowest BCUT2D eigenvalue weighted by molar-refractivity contribution is -0.870. The molecule has 0 saturated carbocycles. The van der Waals surface area contributed by atoms with E-state index < -0.39 is 20.0 Å². The van der Waals surface area contributed by atoms with Gasteiger partial charge in [0.05, 0.1) is 33.8 Å². The summed E-state index contributed by atoms with van der Waals surface area (Å²) >= 11 is 0. The fourth-order valence-electron chi connectivity index (χ4n) is 10.7. The molecule has 10 heteroatoms. The number of ether oxygens (including phenoxy) is 1. The van der Waals surface area contributed by atoms with Crippen LogP contribution in [0, 0.1) is 0 Å². The Bertz CT molecular complexity index is 1420. The van der Waals surface area contributed by atoms with E-state index >= 15 is 0 Å². The summed E-state index contributed by atoms with van der Waals surface area (Å²) in [6.07, 6.45) is 73.0. The van der Waals surface area contributed by atoms with Gasteiger partial charge in [-0.25, -0.2) is 0 Å². The van der Waals surface area contributed by atoms with Gasteiger partial charge in [-0.3, -0.25) is 14.2 Å². The normalized spacial score (nSPS) is 13.6. The standard InChI is InChI=1S/C70H137N2O7P/c1-7-10-13-16-19-22-25-28-30-32-33-34-35-36-37-38-39-41-42-44-47-50-53-56-59-62-69(73)71-67(66-78-80(75,76)77-65-64-72(4,5)6)68(61-58-55-52-49-46-27-24-21-18-15-12-9-3)79-70(74)63-60-57-54-51-48-45-43-40-31-29-26-23-20-17-14-11-8-2/h29,31,58,61,67-68H,7-28,30,32-57,59-60,62-66H2,1-6H3,(H-,71,73,75,76)/b31-29+,61-58-. The average Bonchev–Trinajstić information content (AvgIpc) is 3.42. The van der Waals surface area contributed by atoms with Crippen molar-refractivity contribution in [2.24, 2.45) is 0 Å². The summed E-state index contributed by atoms with van der Waals surface area (Å²) in [7, 11) is 1.20. The predicted molar refractivity (Wildman–Crippen MR) is 344 cm³/mol. The van der Waals surface area contributed by atoms with Gasteiger partial charge in [-0.2, -0.15) is 0 Å². The number of unbranched alkanes of at least 4 members (excludes halogenated alkanes) is 47. The van der Waals surface area contributed by atoms with Crippen molar-refractivity contribution in [3.63, 3.8) is 0 Å². The zero-order chi connectivity index (χ0) is 58.6. The third-order valence-electron chi connectivity index (χ3n) is 16.1. The van der Waals surface area contributed by atoms with E-state index in [9.17, 15) is 19.0 Å². The van der Waals surface area contributed by atoms with E-state index in [0.29, 0.717) is 17.4 Å². The number of hydrogen-bond donors (Lipinski definition) is 1. The molecule has 0 spiro atoms. The molecule has 0 aromatic carbocycles. The minimum absolute atomic E-state index is 0.0191. The fraction of sp³-hybridized carbons (Fsp3) is 0.914. The summed E-state index contributed by atoms with van der Waals surface area (Å²) in [6.45, 7) is 6.90. The molecule has 3 atom stereocenters. The summed E-state index contributed by atoms with van der Waals surface area (Å²) < 4.78 is 30.4. The highest BCUT2D eigenvalue weighted by molar-refractivity contribution is 7.45. The van der Waals surface area contributed by atoms with Gasteiger partial charge < -0.3 is 28.5 Å². The minimum atomic E-state index is -4.70. The topological polar surface area (TPSA) is 114 Å². The molecule has 0 aromatic rings. The summed E-state index contributed by atoms with van der Waals surface area (Å²) in [4.78, 5) is 40.1. The summed E-state index contributed by atoms with van der Waals surface area (Å²) in [5, 5.41) is 3.05. The zero-order valence-electron chi connectivity index (χ0n) is 54.3. The Labute approximate surface area is 498 Å². The lowest BCUT2D eigenvalue weighted by atomic mass is 10.0. The molecular formula is C70H137N2O7P. The Morgan fingerprint density at radius 3 is 1.06 bits per heavy atom. The first-order valence-corrected chi connectivity index (χ1v) is 36.6. The van der Waals surface area contributed by atoms with E-state index in [-0.39, 0.29) is 31.5 Å². The fourth-order valence-corrected chi connectivity index (χ4v) is 11.4. The lowest BCUT2D eigenvalue weighted by Gasteiger charge is -2.30. The predicted octanol–water partition coefficient (Wildman–Crippen LogP) is 21.4. The second kappa shape index (κ2) is 60.6. The molecule has 80 heavy (non-hydrogen) atoms. The highest BCUT2D eigenvalue weighted by Crippen LogP contribution is 2.38. The summed E-state index contributed by atoms with van der Waals surface area (Å²) in [6, 6.07) is -0.885. The molecule has 0 aliphatic carbocycles. The van der Waals surface area contributed by atoms with Crippen LogP contribution in [0.1, 0.15) is 361 Å². The third-order valence-corrected chi connectivity index (χ3v) is 17.1. The first-order chi connectivity index (χ1) is 38.9. The smallest absolute Gasteiger partial charge is 0.306 e. The number of amides is 1. The van der Waals surface area contributed by atoms with Crippen LogP contribution in [0.3, 0.4) is 0 Å². The van der Waals surface area contributed by atoms with E-state index in [1.165, 1.54) is 263 Å². The Morgan fingerprint density at radius 1 is 0.425 bits per heavy atom. The van der Waals surface area contributed by atoms with Crippen LogP contribution in [0.2, 0.25) is 0 Å². The SMILES string of the molecule is CCCCCCCC/C=C/CCCCCCCCCC(=O)OC(/C=C\CCCCCCCCCCCC)C(COP(=O)([O-])OCC[N+](C)(C)C)NC(=O)CCCCCCCCCCCCCCCCCCCCCCCCCCC. The van der Waals surface area contributed by atoms with Crippen molar-refractivity contribution >= 4 is 19.7 Å². The summed E-state index contributed by atoms with van der Waals surface area (Å²) in [5.41, 5.74) is 0. The van der Waals surface area contributed by atoms with Crippen molar-refractivity contribution in [1.82, 2.24) is 5.32 Å². The molecule has 0 saturated heterocycles.